The Morgan fingerprint density at radius 2 is 1.94 bits per heavy atom. The lowest BCUT2D eigenvalue weighted by molar-refractivity contribution is 0.207. The summed E-state index contributed by atoms with van der Waals surface area (Å²) in [7, 11) is 1.62. The van der Waals surface area contributed by atoms with Crippen molar-refractivity contribution in [2.45, 2.75) is 20.0 Å². The molecule has 1 atom stereocenters. The van der Waals surface area contributed by atoms with Crippen molar-refractivity contribution in [2.75, 3.05) is 19.5 Å². The summed E-state index contributed by atoms with van der Waals surface area (Å²) in [6.07, 6.45) is 1.14. The van der Waals surface area contributed by atoms with Gasteiger partial charge in [0, 0.05) is 6.21 Å². The first-order valence-electron chi connectivity index (χ1n) is 5.64. The minimum atomic E-state index is -0.568. The van der Waals surface area contributed by atoms with Crippen LogP contribution in [0.5, 0.6) is 5.75 Å². The number of nitrogens with zero attached hydrogens (tertiary/aromatic N) is 1. The third kappa shape index (κ3) is 6.97. The van der Waals surface area contributed by atoms with E-state index in [1.165, 1.54) is 0 Å². The molecule has 0 saturated heterocycles. The number of benzene rings is 1. The predicted molar refractivity (Wildman–Crippen MR) is 73.5 cm³/mol. The van der Waals surface area contributed by atoms with Gasteiger partial charge in [-0.25, -0.2) is 0 Å². The molecule has 0 aromatic heterocycles. The number of aliphatic hydroxyl groups excluding tert-OH is 1. The van der Waals surface area contributed by atoms with E-state index in [4.69, 9.17) is 21.4 Å². The van der Waals surface area contributed by atoms with Gasteiger partial charge in [0.15, 0.2) is 0 Å². The summed E-state index contributed by atoms with van der Waals surface area (Å²) in [5.74, 6) is 1.02. The lowest BCUT2D eigenvalue weighted by atomic mass is 10.2. The average molecular weight is 258 g/mol. The quantitative estimate of drug-likeness (QED) is 0.651. The Balaban J connectivity index is 0.00000121. The minimum absolute atomic E-state index is 0.208. The summed E-state index contributed by atoms with van der Waals surface area (Å²) in [6.45, 7) is 4.33. The summed E-state index contributed by atoms with van der Waals surface area (Å²) in [5.41, 5.74) is 0.970. The largest absolute Gasteiger partial charge is 0.497 e. The molecule has 0 aliphatic carbocycles. The standard InChI is InChI=1S/C11H14ClNO2.C2H6/c1-15-11-4-2-9(3-5-11)7-13-8-10(14)6-12;1-2/h2-5,7,10,14H,6,8H2,1H3;1-2H3. The molecule has 4 heteroatoms. The van der Waals surface area contributed by atoms with Gasteiger partial charge in [-0.2, -0.15) is 0 Å². The zero-order valence-electron chi connectivity index (χ0n) is 10.6. The third-order valence-electron chi connectivity index (χ3n) is 1.85. The van der Waals surface area contributed by atoms with Crippen LogP contribution in [-0.2, 0) is 0 Å². The molecule has 17 heavy (non-hydrogen) atoms. The number of methoxy groups -OCH3 is 1. The van der Waals surface area contributed by atoms with Gasteiger partial charge in [-0.05, 0) is 29.8 Å². The van der Waals surface area contributed by atoms with Crippen molar-refractivity contribution in [3.8, 4) is 5.75 Å². The second-order valence-electron chi connectivity index (χ2n) is 3.08. The first-order valence-corrected chi connectivity index (χ1v) is 6.17. The molecule has 0 aliphatic rings. The van der Waals surface area contributed by atoms with Gasteiger partial charge in [-0.3, -0.25) is 4.99 Å². The predicted octanol–water partition coefficient (Wildman–Crippen LogP) is 2.74. The van der Waals surface area contributed by atoms with E-state index in [-0.39, 0.29) is 5.88 Å². The first-order chi connectivity index (χ1) is 8.26. The molecule has 1 unspecified atom stereocenters. The number of alkyl halides is 1. The SMILES string of the molecule is CC.COc1ccc(C=NCC(O)CCl)cc1. The zero-order valence-corrected chi connectivity index (χ0v) is 11.3. The minimum Gasteiger partial charge on any atom is -0.497 e. The van der Waals surface area contributed by atoms with E-state index in [1.807, 2.05) is 38.1 Å². The van der Waals surface area contributed by atoms with Gasteiger partial charge in [-0.15, -0.1) is 11.6 Å². The lowest BCUT2D eigenvalue weighted by Gasteiger charge is -2.01. The maximum Gasteiger partial charge on any atom is 0.118 e. The fraction of sp³-hybridized carbons (Fsp3) is 0.462. The maximum absolute atomic E-state index is 9.15. The van der Waals surface area contributed by atoms with E-state index < -0.39 is 6.10 Å². The van der Waals surface area contributed by atoms with Crippen LogP contribution < -0.4 is 4.74 Å². The van der Waals surface area contributed by atoms with Crippen LogP contribution in [0.25, 0.3) is 0 Å². The summed E-state index contributed by atoms with van der Waals surface area (Å²) in [4.78, 5) is 4.07. The van der Waals surface area contributed by atoms with Gasteiger partial charge in [0.2, 0.25) is 0 Å². The molecule has 1 aromatic carbocycles. The van der Waals surface area contributed by atoms with Gasteiger partial charge in [0.25, 0.3) is 0 Å². The Bertz CT molecular complexity index is 312. The van der Waals surface area contributed by atoms with E-state index in [1.54, 1.807) is 13.3 Å². The molecule has 1 aromatic rings. The fourth-order valence-electron chi connectivity index (χ4n) is 1.02. The molecule has 0 spiro atoms. The smallest absolute Gasteiger partial charge is 0.118 e. The first kappa shape index (κ1) is 15.9. The monoisotopic (exact) mass is 257 g/mol. The van der Waals surface area contributed by atoms with Crippen molar-refractivity contribution in [3.05, 3.63) is 29.8 Å². The molecule has 1 rings (SSSR count). The van der Waals surface area contributed by atoms with Crippen molar-refractivity contribution in [1.29, 1.82) is 0 Å². The summed E-state index contributed by atoms with van der Waals surface area (Å²) in [5, 5.41) is 9.15. The number of halogens is 1. The second-order valence-corrected chi connectivity index (χ2v) is 3.38. The lowest BCUT2D eigenvalue weighted by Crippen LogP contribution is -2.12. The Kier molecular flexibility index (Phi) is 9.49. The second kappa shape index (κ2) is 10.1. The highest BCUT2D eigenvalue weighted by Crippen LogP contribution is 2.09. The normalized spacial score (nSPS) is 11.8. The number of ether oxygens (including phenoxy) is 1. The highest BCUT2D eigenvalue weighted by atomic mass is 35.5. The summed E-state index contributed by atoms with van der Waals surface area (Å²) >= 11 is 5.43. The van der Waals surface area contributed by atoms with E-state index >= 15 is 0 Å². The molecule has 0 radical (unpaired) electrons. The van der Waals surface area contributed by atoms with Gasteiger partial charge in [-0.1, -0.05) is 13.8 Å². The van der Waals surface area contributed by atoms with Crippen LogP contribution in [0.1, 0.15) is 19.4 Å². The molecule has 0 aliphatic heterocycles. The average Bonchev–Trinajstić information content (AvgIpc) is 2.41. The van der Waals surface area contributed by atoms with E-state index in [9.17, 15) is 0 Å². The number of aliphatic hydroxyl groups is 1. The van der Waals surface area contributed by atoms with Crippen LogP contribution in [-0.4, -0.2) is 37.0 Å². The van der Waals surface area contributed by atoms with Crippen molar-refractivity contribution >= 4 is 17.8 Å². The van der Waals surface area contributed by atoms with Crippen LogP contribution in [0, 0.1) is 0 Å². The van der Waals surface area contributed by atoms with E-state index in [0.717, 1.165) is 11.3 Å². The molecule has 0 fully saturated rings. The van der Waals surface area contributed by atoms with Crippen LogP contribution >= 0.6 is 11.6 Å². The molecule has 0 amide bonds. The van der Waals surface area contributed by atoms with Crippen molar-refractivity contribution < 1.29 is 9.84 Å². The van der Waals surface area contributed by atoms with Crippen LogP contribution in [0.4, 0.5) is 0 Å². The van der Waals surface area contributed by atoms with Gasteiger partial charge < -0.3 is 9.84 Å². The molecule has 0 bridgehead atoms. The van der Waals surface area contributed by atoms with Crippen LogP contribution in [0.3, 0.4) is 0 Å². The van der Waals surface area contributed by atoms with Gasteiger partial charge >= 0.3 is 0 Å². The Morgan fingerprint density at radius 3 is 2.41 bits per heavy atom. The van der Waals surface area contributed by atoms with Crippen LogP contribution in [0.2, 0.25) is 0 Å². The third-order valence-corrected chi connectivity index (χ3v) is 2.21. The molecular formula is C13H20ClNO2. The van der Waals surface area contributed by atoms with E-state index in [2.05, 4.69) is 4.99 Å². The van der Waals surface area contributed by atoms with E-state index in [0.29, 0.717) is 6.54 Å². The Morgan fingerprint density at radius 1 is 1.35 bits per heavy atom. The molecule has 96 valence electrons. The fourth-order valence-corrected chi connectivity index (χ4v) is 1.12. The molecular weight excluding hydrogens is 238 g/mol. The molecule has 3 nitrogen and oxygen atoms in total. The molecule has 1 N–H and O–H groups in total. The van der Waals surface area contributed by atoms with Crippen molar-refractivity contribution in [3.63, 3.8) is 0 Å². The highest BCUT2D eigenvalue weighted by Gasteiger charge is 1.97. The van der Waals surface area contributed by atoms with Gasteiger partial charge in [0.05, 0.1) is 25.6 Å². The Labute approximate surface area is 108 Å². The topological polar surface area (TPSA) is 41.8 Å². The van der Waals surface area contributed by atoms with Crippen LogP contribution in [0.15, 0.2) is 29.3 Å². The van der Waals surface area contributed by atoms with Crippen molar-refractivity contribution in [1.82, 2.24) is 0 Å². The zero-order chi connectivity index (χ0) is 13.1. The number of rotatable bonds is 5. The number of hydrogen-bond acceptors (Lipinski definition) is 3. The molecule has 0 saturated carbocycles. The summed E-state index contributed by atoms with van der Waals surface area (Å²) in [6, 6.07) is 7.52. The van der Waals surface area contributed by atoms with Crippen molar-refractivity contribution in [2.24, 2.45) is 4.99 Å². The highest BCUT2D eigenvalue weighted by molar-refractivity contribution is 6.18. The van der Waals surface area contributed by atoms with Gasteiger partial charge in [0.1, 0.15) is 5.75 Å². The Hall–Kier alpha value is -1.06. The molecule has 0 heterocycles. The number of aliphatic imine (C=N–C) groups is 1. The number of hydrogen-bond donors (Lipinski definition) is 1. The summed E-state index contributed by atoms with van der Waals surface area (Å²) < 4.78 is 5.03. The maximum atomic E-state index is 9.15.